The number of benzene rings is 1. The number of nitrogens with zero attached hydrogens (tertiary/aromatic N) is 1. The number of rotatable bonds is 6. The predicted octanol–water partition coefficient (Wildman–Crippen LogP) is 0.355. The van der Waals surface area contributed by atoms with Gasteiger partial charge in [-0.05, 0) is 12.1 Å². The molecule has 1 aliphatic heterocycles. The summed E-state index contributed by atoms with van der Waals surface area (Å²) >= 11 is 0. The highest BCUT2D eigenvalue weighted by Crippen LogP contribution is 2.24. The number of carbonyl (C=O) groups is 2. The Labute approximate surface area is 149 Å². The van der Waals surface area contributed by atoms with Gasteiger partial charge in [0, 0.05) is 25.0 Å². The number of amidine groups is 1. The van der Waals surface area contributed by atoms with E-state index < -0.39 is 27.6 Å². The van der Waals surface area contributed by atoms with Crippen LogP contribution in [0.25, 0.3) is 0 Å². The van der Waals surface area contributed by atoms with Gasteiger partial charge < -0.3 is 20.8 Å². The van der Waals surface area contributed by atoms with Crippen LogP contribution >= 0.6 is 0 Å². The molecule has 0 spiro atoms. The van der Waals surface area contributed by atoms with Gasteiger partial charge in [-0.25, -0.2) is 22.4 Å². The first-order chi connectivity index (χ1) is 12.1. The lowest BCUT2D eigenvalue weighted by atomic mass is 10.3. The van der Waals surface area contributed by atoms with E-state index in [0.29, 0.717) is 25.2 Å². The molecule has 1 aromatic rings. The molecule has 0 fully saturated rings. The Morgan fingerprint density at radius 1 is 1.31 bits per heavy atom. The summed E-state index contributed by atoms with van der Waals surface area (Å²) in [6.45, 7) is 1.84. The van der Waals surface area contributed by atoms with E-state index in [4.69, 9.17) is 10.2 Å². The van der Waals surface area contributed by atoms with Crippen molar-refractivity contribution in [2.45, 2.75) is 4.90 Å². The molecule has 0 unspecified atom stereocenters. The lowest BCUT2D eigenvalue weighted by Gasteiger charge is -2.11. The molecule has 0 amide bonds. The Hall–Kier alpha value is -2.95. The first-order valence-corrected chi connectivity index (χ1v) is 9.14. The van der Waals surface area contributed by atoms with Gasteiger partial charge in [0.05, 0.1) is 18.8 Å². The number of halogens is 1. The highest BCUT2D eigenvalue weighted by Gasteiger charge is 2.18. The molecule has 26 heavy (non-hydrogen) atoms. The zero-order valence-corrected chi connectivity index (χ0v) is 14.6. The van der Waals surface area contributed by atoms with Crippen molar-refractivity contribution >= 4 is 33.3 Å². The lowest BCUT2D eigenvalue weighted by Crippen LogP contribution is -2.26. The van der Waals surface area contributed by atoms with Gasteiger partial charge in [0.15, 0.2) is 9.84 Å². The van der Waals surface area contributed by atoms with E-state index in [9.17, 15) is 22.4 Å². The second kappa shape index (κ2) is 9.51. The summed E-state index contributed by atoms with van der Waals surface area (Å²) in [4.78, 5) is 23.0. The summed E-state index contributed by atoms with van der Waals surface area (Å²) in [5, 5.41) is 21.6. The molecule has 0 saturated heterocycles. The normalized spacial score (nSPS) is 13.4. The fraction of sp³-hybridized carbons (Fsp3) is 0.267. The smallest absolute Gasteiger partial charge is 0.328 e. The molecule has 1 aliphatic rings. The van der Waals surface area contributed by atoms with Crippen molar-refractivity contribution in [2.24, 2.45) is 4.99 Å². The molecular formula is C15H18FN3O6S. The molecule has 1 aromatic carbocycles. The van der Waals surface area contributed by atoms with Gasteiger partial charge in [-0.1, -0.05) is 6.07 Å². The van der Waals surface area contributed by atoms with Crippen LogP contribution in [0, 0.1) is 5.82 Å². The molecular weight excluding hydrogens is 369 g/mol. The number of sulfone groups is 1. The Morgan fingerprint density at radius 3 is 2.38 bits per heavy atom. The zero-order valence-electron chi connectivity index (χ0n) is 13.8. The topological polar surface area (TPSA) is 145 Å². The van der Waals surface area contributed by atoms with Crippen LogP contribution in [0.5, 0.6) is 0 Å². The van der Waals surface area contributed by atoms with E-state index in [1.54, 1.807) is 0 Å². The van der Waals surface area contributed by atoms with E-state index in [2.05, 4.69) is 15.6 Å². The Balaban J connectivity index is 0.000000359. The Kier molecular flexibility index (Phi) is 7.72. The standard InChI is InChI=1S/C11H14FN3O2S.C4H4O4/c1-18(16,17)11-8(12)3-2-4-9(11)15-7-10-13-5-6-14-10;5-3(6)1-2-4(7)8/h2-4,15H,5-7H2,1H3,(H,13,14);1-2H,(H,5,6)(H,7,8)/b;2-1+. The number of nitrogens with one attached hydrogen (secondary N) is 2. The maximum absolute atomic E-state index is 13.6. The maximum Gasteiger partial charge on any atom is 0.328 e. The van der Waals surface area contributed by atoms with Crippen LogP contribution in [0.1, 0.15) is 0 Å². The molecule has 9 nitrogen and oxygen atoms in total. The van der Waals surface area contributed by atoms with Gasteiger partial charge in [-0.2, -0.15) is 0 Å². The van der Waals surface area contributed by atoms with E-state index in [-0.39, 0.29) is 10.6 Å². The molecule has 2 rings (SSSR count). The first kappa shape index (κ1) is 21.1. The number of anilines is 1. The number of carboxylic acid groups (broad SMARTS) is 2. The van der Waals surface area contributed by atoms with Crippen molar-refractivity contribution in [2.75, 3.05) is 31.2 Å². The fourth-order valence-electron chi connectivity index (χ4n) is 1.91. The highest BCUT2D eigenvalue weighted by atomic mass is 32.2. The van der Waals surface area contributed by atoms with Crippen LogP contribution in [0.2, 0.25) is 0 Å². The van der Waals surface area contributed by atoms with E-state index in [1.807, 2.05) is 0 Å². The molecule has 142 valence electrons. The number of hydrogen-bond acceptors (Lipinski definition) is 7. The monoisotopic (exact) mass is 387 g/mol. The predicted molar refractivity (Wildman–Crippen MR) is 92.7 cm³/mol. The maximum atomic E-state index is 13.6. The third-order valence-electron chi connectivity index (χ3n) is 2.90. The van der Waals surface area contributed by atoms with Gasteiger partial charge in [0.1, 0.15) is 16.5 Å². The molecule has 4 N–H and O–H groups in total. The number of carboxylic acids is 2. The summed E-state index contributed by atoms with van der Waals surface area (Å²) in [5.74, 6) is -2.51. The molecule has 1 heterocycles. The summed E-state index contributed by atoms with van der Waals surface area (Å²) in [6.07, 6.45) is 2.10. The van der Waals surface area contributed by atoms with Gasteiger partial charge in [0.25, 0.3) is 0 Å². The van der Waals surface area contributed by atoms with E-state index >= 15 is 0 Å². The molecule has 0 atom stereocenters. The van der Waals surface area contributed by atoms with E-state index in [1.165, 1.54) is 12.1 Å². The van der Waals surface area contributed by atoms with Crippen molar-refractivity contribution in [3.8, 4) is 0 Å². The Bertz CT molecular complexity index is 820. The zero-order chi connectivity index (χ0) is 19.7. The SMILES string of the molecule is CS(=O)(=O)c1c(F)cccc1NCC1=NCCN1.O=C(O)/C=C/C(=O)O. The molecule has 0 aliphatic carbocycles. The minimum Gasteiger partial charge on any atom is -0.478 e. The molecule has 0 aromatic heterocycles. The van der Waals surface area contributed by atoms with Crippen LogP contribution in [-0.2, 0) is 19.4 Å². The van der Waals surface area contributed by atoms with Gasteiger partial charge in [-0.3, -0.25) is 4.99 Å². The van der Waals surface area contributed by atoms with Crippen molar-refractivity contribution in [1.82, 2.24) is 5.32 Å². The summed E-state index contributed by atoms with van der Waals surface area (Å²) < 4.78 is 36.7. The van der Waals surface area contributed by atoms with Crippen LogP contribution in [0.4, 0.5) is 10.1 Å². The van der Waals surface area contributed by atoms with Gasteiger partial charge in [0.2, 0.25) is 0 Å². The third kappa shape index (κ3) is 7.30. The first-order valence-electron chi connectivity index (χ1n) is 7.25. The second-order valence-corrected chi connectivity index (χ2v) is 6.96. The quantitative estimate of drug-likeness (QED) is 0.512. The second-order valence-electron chi connectivity index (χ2n) is 5.01. The van der Waals surface area contributed by atoms with Crippen molar-refractivity contribution < 1.29 is 32.6 Å². The van der Waals surface area contributed by atoms with Crippen molar-refractivity contribution in [3.63, 3.8) is 0 Å². The summed E-state index contributed by atoms with van der Waals surface area (Å²) in [6, 6.07) is 4.14. The minimum atomic E-state index is -3.61. The average molecular weight is 387 g/mol. The van der Waals surface area contributed by atoms with Gasteiger partial charge in [-0.15, -0.1) is 0 Å². The molecule has 11 heteroatoms. The molecule has 0 bridgehead atoms. The molecule has 0 radical (unpaired) electrons. The summed E-state index contributed by atoms with van der Waals surface area (Å²) in [5.41, 5.74) is 0.258. The third-order valence-corrected chi connectivity index (χ3v) is 4.05. The lowest BCUT2D eigenvalue weighted by molar-refractivity contribution is -0.134. The fourth-order valence-corrected chi connectivity index (χ4v) is 2.87. The minimum absolute atomic E-state index is 0.258. The number of aliphatic imine (C=N–C) groups is 1. The van der Waals surface area contributed by atoms with Crippen LogP contribution in [-0.4, -0.2) is 62.3 Å². The van der Waals surface area contributed by atoms with E-state index in [0.717, 1.165) is 24.7 Å². The van der Waals surface area contributed by atoms with Crippen molar-refractivity contribution in [1.29, 1.82) is 0 Å². The largest absolute Gasteiger partial charge is 0.478 e. The van der Waals surface area contributed by atoms with Crippen LogP contribution < -0.4 is 10.6 Å². The van der Waals surface area contributed by atoms with Crippen LogP contribution in [0.3, 0.4) is 0 Å². The number of aliphatic carboxylic acids is 2. The van der Waals surface area contributed by atoms with Gasteiger partial charge >= 0.3 is 11.9 Å². The summed E-state index contributed by atoms with van der Waals surface area (Å²) in [7, 11) is -3.61. The molecule has 0 saturated carbocycles. The Morgan fingerprint density at radius 2 is 1.92 bits per heavy atom. The van der Waals surface area contributed by atoms with Crippen molar-refractivity contribution in [3.05, 3.63) is 36.2 Å². The highest BCUT2D eigenvalue weighted by molar-refractivity contribution is 7.90. The average Bonchev–Trinajstić information content (AvgIpc) is 3.03. The number of hydrogen-bond donors (Lipinski definition) is 4. The van der Waals surface area contributed by atoms with Crippen LogP contribution in [0.15, 0.2) is 40.2 Å².